The van der Waals surface area contributed by atoms with Gasteiger partial charge < -0.3 is 10.2 Å². The first kappa shape index (κ1) is 13.7. The third-order valence-corrected chi connectivity index (χ3v) is 6.30. The van der Waals surface area contributed by atoms with Crippen LogP contribution in [-0.4, -0.2) is 41.6 Å². The molecule has 2 aliphatic heterocycles. The molecule has 0 amide bonds. The van der Waals surface area contributed by atoms with E-state index in [1.54, 1.807) is 0 Å². The van der Waals surface area contributed by atoms with Crippen molar-refractivity contribution in [1.29, 1.82) is 0 Å². The van der Waals surface area contributed by atoms with Gasteiger partial charge in [-0.3, -0.25) is 0 Å². The lowest BCUT2D eigenvalue weighted by atomic mass is 9.98. The molecule has 1 N–H and O–H groups in total. The van der Waals surface area contributed by atoms with E-state index in [0.29, 0.717) is 6.04 Å². The number of nitrogens with one attached hydrogen (secondary N) is 1. The van der Waals surface area contributed by atoms with E-state index in [9.17, 15) is 0 Å². The summed E-state index contributed by atoms with van der Waals surface area (Å²) < 4.78 is 1.31. The molecule has 4 rings (SSSR count). The van der Waals surface area contributed by atoms with Gasteiger partial charge in [-0.1, -0.05) is 12.1 Å². The van der Waals surface area contributed by atoms with E-state index in [4.69, 9.17) is 4.98 Å². The molecule has 1 aromatic heterocycles. The van der Waals surface area contributed by atoms with Crippen molar-refractivity contribution in [3.05, 3.63) is 29.3 Å². The van der Waals surface area contributed by atoms with E-state index in [-0.39, 0.29) is 0 Å². The molecule has 21 heavy (non-hydrogen) atoms. The Labute approximate surface area is 130 Å². The van der Waals surface area contributed by atoms with Crippen LogP contribution in [0, 0.1) is 0 Å². The minimum atomic E-state index is 0.716. The highest BCUT2D eigenvalue weighted by atomic mass is 32.1. The summed E-state index contributed by atoms with van der Waals surface area (Å²) >= 11 is 1.84. The van der Waals surface area contributed by atoms with E-state index < -0.39 is 0 Å². The number of nitrogens with zero attached hydrogens (tertiary/aromatic N) is 2. The molecule has 2 unspecified atom stereocenters. The third kappa shape index (κ3) is 2.72. The van der Waals surface area contributed by atoms with Gasteiger partial charge in [0.25, 0.3) is 0 Å². The average Bonchev–Trinajstić information content (AvgIpc) is 2.96. The summed E-state index contributed by atoms with van der Waals surface area (Å²) in [6.45, 7) is 1.06. The Balaban J connectivity index is 1.31. The van der Waals surface area contributed by atoms with Crippen LogP contribution in [0.1, 0.15) is 30.7 Å². The number of aromatic nitrogens is 1. The fourth-order valence-corrected chi connectivity index (χ4v) is 4.96. The molecule has 2 aromatic rings. The fraction of sp³-hybridized carbons (Fsp3) is 0.588. The zero-order chi connectivity index (χ0) is 14.2. The van der Waals surface area contributed by atoms with Gasteiger partial charge >= 0.3 is 0 Å². The molecule has 0 saturated carbocycles. The van der Waals surface area contributed by atoms with Gasteiger partial charge in [0.05, 0.1) is 15.2 Å². The maximum atomic E-state index is 4.72. The topological polar surface area (TPSA) is 28.2 Å². The van der Waals surface area contributed by atoms with Gasteiger partial charge in [-0.05, 0) is 44.9 Å². The van der Waals surface area contributed by atoms with Crippen LogP contribution in [0.5, 0.6) is 0 Å². The molecule has 2 aliphatic rings. The van der Waals surface area contributed by atoms with Gasteiger partial charge in [0.2, 0.25) is 0 Å². The van der Waals surface area contributed by atoms with Gasteiger partial charge in [0.15, 0.2) is 0 Å². The molecule has 2 fully saturated rings. The SMILES string of the molecule is CN1C2CCC1CC(NCCc1nc3ccccc3s1)C2. The summed E-state index contributed by atoms with van der Waals surface area (Å²) in [5.74, 6) is 0. The van der Waals surface area contributed by atoms with Crippen molar-refractivity contribution in [2.75, 3.05) is 13.6 Å². The van der Waals surface area contributed by atoms with Crippen molar-refractivity contribution in [3.8, 4) is 0 Å². The first-order valence-corrected chi connectivity index (χ1v) is 8.91. The van der Waals surface area contributed by atoms with Crippen LogP contribution in [0.15, 0.2) is 24.3 Å². The highest BCUT2D eigenvalue weighted by Gasteiger charge is 2.37. The highest BCUT2D eigenvalue weighted by Crippen LogP contribution is 2.34. The quantitative estimate of drug-likeness (QED) is 0.941. The second-order valence-electron chi connectivity index (χ2n) is 6.50. The first-order chi connectivity index (χ1) is 10.3. The van der Waals surface area contributed by atoms with Crippen LogP contribution in [0.4, 0.5) is 0 Å². The molecule has 3 nitrogen and oxygen atoms in total. The second-order valence-corrected chi connectivity index (χ2v) is 7.61. The van der Waals surface area contributed by atoms with Gasteiger partial charge in [0.1, 0.15) is 0 Å². The number of piperidine rings is 1. The van der Waals surface area contributed by atoms with Crippen molar-refractivity contribution in [3.63, 3.8) is 0 Å². The lowest BCUT2D eigenvalue weighted by Gasteiger charge is -2.36. The van der Waals surface area contributed by atoms with Crippen LogP contribution >= 0.6 is 11.3 Å². The highest BCUT2D eigenvalue weighted by molar-refractivity contribution is 7.18. The Morgan fingerprint density at radius 2 is 2.00 bits per heavy atom. The van der Waals surface area contributed by atoms with E-state index in [2.05, 4.69) is 41.5 Å². The minimum Gasteiger partial charge on any atom is -0.313 e. The van der Waals surface area contributed by atoms with E-state index in [1.807, 2.05) is 11.3 Å². The molecule has 1 aromatic carbocycles. The smallest absolute Gasteiger partial charge is 0.0951 e. The normalized spacial score (nSPS) is 29.3. The van der Waals surface area contributed by atoms with Crippen molar-refractivity contribution in [1.82, 2.24) is 15.2 Å². The summed E-state index contributed by atoms with van der Waals surface area (Å²) in [4.78, 5) is 7.32. The van der Waals surface area contributed by atoms with Crippen molar-refractivity contribution < 1.29 is 0 Å². The van der Waals surface area contributed by atoms with Gasteiger partial charge in [-0.15, -0.1) is 11.3 Å². The van der Waals surface area contributed by atoms with Crippen LogP contribution in [0.25, 0.3) is 10.2 Å². The van der Waals surface area contributed by atoms with Gasteiger partial charge in [0, 0.05) is 31.1 Å². The third-order valence-electron chi connectivity index (χ3n) is 5.21. The van der Waals surface area contributed by atoms with E-state index in [0.717, 1.165) is 30.6 Å². The summed E-state index contributed by atoms with van der Waals surface area (Å²) in [7, 11) is 2.31. The molecule has 4 heteroatoms. The molecule has 112 valence electrons. The molecule has 2 atom stereocenters. The Morgan fingerprint density at radius 1 is 1.24 bits per heavy atom. The number of rotatable bonds is 4. The lowest BCUT2D eigenvalue weighted by molar-refractivity contribution is 0.149. The number of hydrogen-bond donors (Lipinski definition) is 1. The Bertz CT molecular complexity index is 576. The van der Waals surface area contributed by atoms with Gasteiger partial charge in [-0.25, -0.2) is 4.98 Å². The van der Waals surface area contributed by atoms with E-state index >= 15 is 0 Å². The Kier molecular flexibility index (Phi) is 3.69. The second kappa shape index (κ2) is 5.67. The van der Waals surface area contributed by atoms with E-state index in [1.165, 1.54) is 35.4 Å². The number of thiazole rings is 1. The van der Waals surface area contributed by atoms with Crippen molar-refractivity contribution in [2.45, 2.75) is 50.2 Å². The maximum Gasteiger partial charge on any atom is 0.0951 e. The zero-order valence-corrected chi connectivity index (χ0v) is 13.4. The number of fused-ring (bicyclic) bond motifs is 3. The largest absolute Gasteiger partial charge is 0.313 e. The lowest BCUT2D eigenvalue weighted by Crippen LogP contribution is -2.47. The van der Waals surface area contributed by atoms with Crippen molar-refractivity contribution in [2.24, 2.45) is 0 Å². The molecule has 0 aliphatic carbocycles. The maximum absolute atomic E-state index is 4.72. The molecule has 0 radical (unpaired) electrons. The monoisotopic (exact) mass is 301 g/mol. The first-order valence-electron chi connectivity index (χ1n) is 8.09. The van der Waals surface area contributed by atoms with Crippen LogP contribution in [0.3, 0.4) is 0 Å². The number of benzene rings is 1. The standard InChI is InChI=1S/C17H23N3S/c1-20-13-6-7-14(20)11-12(10-13)18-9-8-17-19-15-4-2-3-5-16(15)21-17/h2-5,12-14,18H,6-11H2,1H3. The molecule has 2 bridgehead atoms. The summed E-state index contributed by atoms with van der Waals surface area (Å²) in [5.41, 5.74) is 1.15. The molecule has 2 saturated heterocycles. The minimum absolute atomic E-state index is 0.716. The average molecular weight is 301 g/mol. The molecule has 0 spiro atoms. The van der Waals surface area contributed by atoms with Gasteiger partial charge in [-0.2, -0.15) is 0 Å². The predicted molar refractivity (Wildman–Crippen MR) is 88.9 cm³/mol. The number of para-hydroxylation sites is 1. The molecular weight excluding hydrogens is 278 g/mol. The predicted octanol–water partition coefficient (Wildman–Crippen LogP) is 3.05. The van der Waals surface area contributed by atoms with Crippen LogP contribution in [-0.2, 0) is 6.42 Å². The van der Waals surface area contributed by atoms with Crippen LogP contribution < -0.4 is 5.32 Å². The summed E-state index contributed by atoms with van der Waals surface area (Å²) in [6.07, 6.45) is 6.51. The molecule has 3 heterocycles. The Morgan fingerprint density at radius 3 is 2.76 bits per heavy atom. The zero-order valence-electron chi connectivity index (χ0n) is 12.6. The summed E-state index contributed by atoms with van der Waals surface area (Å²) in [5, 5.41) is 5.04. The Hall–Kier alpha value is -0.970. The summed E-state index contributed by atoms with van der Waals surface area (Å²) in [6, 6.07) is 10.8. The van der Waals surface area contributed by atoms with Crippen LogP contribution in [0.2, 0.25) is 0 Å². The van der Waals surface area contributed by atoms with Crippen molar-refractivity contribution >= 4 is 21.6 Å². The molecular formula is C17H23N3S. The fourth-order valence-electron chi connectivity index (χ4n) is 3.99. The number of hydrogen-bond acceptors (Lipinski definition) is 4.